The summed E-state index contributed by atoms with van der Waals surface area (Å²) >= 11 is 0. The summed E-state index contributed by atoms with van der Waals surface area (Å²) in [5.74, 6) is -0.230. The minimum Gasteiger partial charge on any atom is -0.324 e. The molecule has 1 unspecified atom stereocenters. The first kappa shape index (κ1) is 11.7. The number of fused-ring (bicyclic) bond motifs is 2. The summed E-state index contributed by atoms with van der Waals surface area (Å²) in [6, 6.07) is 7.30. The number of nitrogens with zero attached hydrogens (tertiary/aromatic N) is 1. The lowest BCUT2D eigenvalue weighted by atomic mass is 9.90. The van der Waals surface area contributed by atoms with E-state index in [2.05, 4.69) is 5.32 Å². The molecule has 0 radical (unpaired) electrons. The lowest BCUT2D eigenvalue weighted by molar-refractivity contribution is -0.123. The van der Waals surface area contributed by atoms with E-state index in [0.29, 0.717) is 19.4 Å². The zero-order valence-electron chi connectivity index (χ0n) is 10.0. The van der Waals surface area contributed by atoms with Crippen LogP contribution in [0, 0.1) is 0 Å². The van der Waals surface area contributed by atoms with Crippen molar-refractivity contribution in [3.8, 4) is 0 Å². The van der Waals surface area contributed by atoms with Crippen LogP contribution in [0.5, 0.6) is 0 Å². The molecule has 1 saturated heterocycles. The standard InChI is InChI=1S/C12H14N2O3S/c1-18(16,17)14-8-4-7-12(14)9-5-2-3-6-10(9)13-11(12)15/h2-3,5-6H,4,7-8H2,1H3,(H,13,15). The summed E-state index contributed by atoms with van der Waals surface area (Å²) < 4.78 is 25.1. The molecule has 0 aliphatic carbocycles. The van der Waals surface area contributed by atoms with E-state index in [1.807, 2.05) is 18.2 Å². The molecule has 2 aliphatic rings. The maximum Gasteiger partial charge on any atom is 0.250 e. The molecule has 2 heterocycles. The number of rotatable bonds is 1. The van der Waals surface area contributed by atoms with Crippen LogP contribution in [-0.4, -0.2) is 31.4 Å². The Morgan fingerprint density at radius 2 is 2.06 bits per heavy atom. The zero-order chi connectivity index (χ0) is 13.0. The Morgan fingerprint density at radius 1 is 1.33 bits per heavy atom. The summed E-state index contributed by atoms with van der Waals surface area (Å²) in [7, 11) is -3.40. The number of amides is 1. The van der Waals surface area contributed by atoms with E-state index in [1.165, 1.54) is 4.31 Å². The zero-order valence-corrected chi connectivity index (χ0v) is 10.8. The molecule has 1 fully saturated rings. The number of anilines is 1. The van der Waals surface area contributed by atoms with Gasteiger partial charge in [-0.3, -0.25) is 4.79 Å². The average molecular weight is 266 g/mol. The van der Waals surface area contributed by atoms with Gasteiger partial charge in [0.1, 0.15) is 5.54 Å². The predicted molar refractivity (Wildman–Crippen MR) is 67.5 cm³/mol. The van der Waals surface area contributed by atoms with Crippen molar-refractivity contribution in [3.63, 3.8) is 0 Å². The normalized spacial score (nSPS) is 27.5. The molecular formula is C12H14N2O3S. The molecule has 5 nitrogen and oxygen atoms in total. The SMILES string of the molecule is CS(=O)(=O)N1CCCC12C(=O)Nc1ccccc12. The Balaban J connectivity index is 2.23. The van der Waals surface area contributed by atoms with Gasteiger partial charge < -0.3 is 5.32 Å². The van der Waals surface area contributed by atoms with Crippen LogP contribution in [0.25, 0.3) is 0 Å². The summed E-state index contributed by atoms with van der Waals surface area (Å²) in [6.45, 7) is 0.403. The molecule has 3 rings (SSSR count). The van der Waals surface area contributed by atoms with Crippen LogP contribution in [0.3, 0.4) is 0 Å². The molecule has 1 aromatic carbocycles. The lowest BCUT2D eigenvalue weighted by Gasteiger charge is -2.31. The quantitative estimate of drug-likeness (QED) is 0.821. The van der Waals surface area contributed by atoms with Gasteiger partial charge in [0.25, 0.3) is 5.91 Å². The number of carbonyl (C=O) groups excluding carboxylic acids is 1. The van der Waals surface area contributed by atoms with E-state index in [0.717, 1.165) is 17.5 Å². The first-order valence-electron chi connectivity index (χ1n) is 5.85. The van der Waals surface area contributed by atoms with E-state index in [9.17, 15) is 13.2 Å². The van der Waals surface area contributed by atoms with Crippen LogP contribution in [0.15, 0.2) is 24.3 Å². The van der Waals surface area contributed by atoms with Crippen LogP contribution in [0.2, 0.25) is 0 Å². The molecule has 0 bridgehead atoms. The summed E-state index contributed by atoms with van der Waals surface area (Å²) in [5, 5.41) is 2.79. The molecular weight excluding hydrogens is 252 g/mol. The fourth-order valence-corrected chi connectivity index (χ4v) is 4.34. The number of hydrogen-bond donors (Lipinski definition) is 1. The van der Waals surface area contributed by atoms with E-state index in [-0.39, 0.29) is 5.91 Å². The molecule has 2 aliphatic heterocycles. The Hall–Kier alpha value is -1.40. The molecule has 96 valence electrons. The van der Waals surface area contributed by atoms with Crippen LogP contribution >= 0.6 is 0 Å². The van der Waals surface area contributed by atoms with Gasteiger partial charge in [-0.25, -0.2) is 8.42 Å². The van der Waals surface area contributed by atoms with Gasteiger partial charge in [0.15, 0.2) is 0 Å². The third-order valence-electron chi connectivity index (χ3n) is 3.72. The van der Waals surface area contributed by atoms with Crippen LogP contribution in [0.1, 0.15) is 18.4 Å². The van der Waals surface area contributed by atoms with E-state index in [4.69, 9.17) is 0 Å². The van der Waals surface area contributed by atoms with Crippen LogP contribution in [0.4, 0.5) is 5.69 Å². The van der Waals surface area contributed by atoms with Crippen LogP contribution in [-0.2, 0) is 20.4 Å². The molecule has 0 saturated carbocycles. The van der Waals surface area contributed by atoms with Crippen molar-refractivity contribution in [3.05, 3.63) is 29.8 Å². The number of benzene rings is 1. The fraction of sp³-hybridized carbons (Fsp3) is 0.417. The Bertz CT molecular complexity index is 626. The second-order valence-electron chi connectivity index (χ2n) is 4.80. The van der Waals surface area contributed by atoms with E-state index < -0.39 is 15.6 Å². The molecule has 1 N–H and O–H groups in total. The van der Waals surface area contributed by atoms with Crippen molar-refractivity contribution in [2.24, 2.45) is 0 Å². The van der Waals surface area contributed by atoms with Crippen molar-refractivity contribution in [1.82, 2.24) is 4.31 Å². The maximum absolute atomic E-state index is 12.3. The van der Waals surface area contributed by atoms with Gasteiger partial charge in [-0.2, -0.15) is 4.31 Å². The largest absolute Gasteiger partial charge is 0.324 e. The molecule has 18 heavy (non-hydrogen) atoms. The third kappa shape index (κ3) is 1.36. The number of hydrogen-bond acceptors (Lipinski definition) is 3. The van der Waals surface area contributed by atoms with Gasteiger partial charge in [-0.15, -0.1) is 0 Å². The number of carbonyl (C=O) groups is 1. The average Bonchev–Trinajstić information content (AvgIpc) is 2.84. The predicted octanol–water partition coefficient (Wildman–Crippen LogP) is 0.889. The maximum atomic E-state index is 12.3. The highest BCUT2D eigenvalue weighted by atomic mass is 32.2. The fourth-order valence-electron chi connectivity index (χ4n) is 3.04. The topological polar surface area (TPSA) is 66.5 Å². The highest BCUT2D eigenvalue weighted by Crippen LogP contribution is 2.47. The monoisotopic (exact) mass is 266 g/mol. The van der Waals surface area contributed by atoms with Gasteiger partial charge in [-0.1, -0.05) is 18.2 Å². The molecule has 6 heteroatoms. The van der Waals surface area contributed by atoms with Gasteiger partial charge in [-0.05, 0) is 18.9 Å². The van der Waals surface area contributed by atoms with Crippen molar-refractivity contribution >= 4 is 21.6 Å². The summed E-state index contributed by atoms with van der Waals surface area (Å²) in [4.78, 5) is 12.3. The molecule has 1 atom stereocenters. The Labute approximate surface area is 106 Å². The van der Waals surface area contributed by atoms with E-state index >= 15 is 0 Å². The number of para-hydroxylation sites is 1. The highest BCUT2D eigenvalue weighted by Gasteiger charge is 2.56. The van der Waals surface area contributed by atoms with Gasteiger partial charge in [0.05, 0.1) is 6.26 Å². The van der Waals surface area contributed by atoms with E-state index in [1.54, 1.807) is 6.07 Å². The second-order valence-corrected chi connectivity index (χ2v) is 6.71. The third-order valence-corrected chi connectivity index (χ3v) is 5.02. The Kier molecular flexibility index (Phi) is 2.30. The molecule has 1 spiro atoms. The van der Waals surface area contributed by atoms with Crippen molar-refractivity contribution < 1.29 is 13.2 Å². The van der Waals surface area contributed by atoms with Gasteiger partial charge in [0, 0.05) is 17.8 Å². The number of nitrogens with one attached hydrogen (secondary N) is 1. The first-order valence-corrected chi connectivity index (χ1v) is 7.70. The van der Waals surface area contributed by atoms with Crippen LogP contribution < -0.4 is 5.32 Å². The molecule has 1 aromatic rings. The minimum atomic E-state index is -3.40. The van der Waals surface area contributed by atoms with Crippen molar-refractivity contribution in [1.29, 1.82) is 0 Å². The highest BCUT2D eigenvalue weighted by molar-refractivity contribution is 7.88. The molecule has 1 amide bonds. The lowest BCUT2D eigenvalue weighted by Crippen LogP contribution is -2.49. The minimum absolute atomic E-state index is 0.230. The van der Waals surface area contributed by atoms with Crippen molar-refractivity contribution in [2.75, 3.05) is 18.1 Å². The number of sulfonamides is 1. The first-order chi connectivity index (χ1) is 8.46. The summed E-state index contributed by atoms with van der Waals surface area (Å²) in [6.07, 6.45) is 2.41. The van der Waals surface area contributed by atoms with Gasteiger partial charge >= 0.3 is 0 Å². The van der Waals surface area contributed by atoms with Gasteiger partial charge in [0.2, 0.25) is 10.0 Å². The Morgan fingerprint density at radius 3 is 2.78 bits per heavy atom. The summed E-state index contributed by atoms with van der Waals surface area (Å²) in [5.41, 5.74) is 0.473. The molecule has 0 aromatic heterocycles. The van der Waals surface area contributed by atoms with Crippen molar-refractivity contribution in [2.45, 2.75) is 18.4 Å². The second kappa shape index (κ2) is 3.55. The smallest absolute Gasteiger partial charge is 0.250 e.